The minimum atomic E-state index is -4.55. The second-order valence-electron chi connectivity index (χ2n) is 10.7. The SMILES string of the molecule is Cc1ccccc1COCC(C)(Cc1ccccc1C)OP(N)(=O)O[C@H]1O[C@@H](n2ccc(=O)[nH]c2=O)[C@](C)(F)[C@@H]1O. The molecule has 1 saturated heterocycles. The first-order chi connectivity index (χ1) is 19.2. The maximum absolute atomic E-state index is 15.6. The fourth-order valence-corrected chi connectivity index (χ4v) is 5.95. The van der Waals surface area contributed by atoms with Gasteiger partial charge in [0.1, 0.15) is 11.7 Å². The van der Waals surface area contributed by atoms with Crippen molar-refractivity contribution in [3.05, 3.63) is 104 Å². The van der Waals surface area contributed by atoms with Crippen molar-refractivity contribution in [3.63, 3.8) is 0 Å². The van der Waals surface area contributed by atoms with Crippen LogP contribution in [0.4, 0.5) is 4.39 Å². The number of ether oxygens (including phenoxy) is 2. The summed E-state index contributed by atoms with van der Waals surface area (Å²) in [6.07, 6.45) is -4.33. The summed E-state index contributed by atoms with van der Waals surface area (Å²) < 4.78 is 52.5. The van der Waals surface area contributed by atoms with Crippen LogP contribution in [0.25, 0.3) is 0 Å². The molecule has 2 aromatic carbocycles. The lowest BCUT2D eigenvalue weighted by Gasteiger charge is -2.33. The van der Waals surface area contributed by atoms with Crippen LogP contribution in [-0.4, -0.2) is 44.9 Å². The molecule has 0 radical (unpaired) electrons. The average molecular weight is 592 g/mol. The number of H-pyrrole nitrogens is 1. The smallest absolute Gasteiger partial charge is 0.384 e. The van der Waals surface area contributed by atoms with Gasteiger partial charge in [0.15, 0.2) is 18.2 Å². The highest BCUT2D eigenvalue weighted by molar-refractivity contribution is 7.51. The van der Waals surface area contributed by atoms with Crippen LogP contribution in [0, 0.1) is 13.8 Å². The van der Waals surface area contributed by atoms with Gasteiger partial charge >= 0.3 is 13.4 Å². The van der Waals surface area contributed by atoms with Gasteiger partial charge < -0.3 is 14.6 Å². The van der Waals surface area contributed by atoms with Gasteiger partial charge in [-0.2, -0.15) is 0 Å². The van der Waals surface area contributed by atoms with Gasteiger partial charge in [-0.1, -0.05) is 48.5 Å². The number of nitrogens with zero attached hydrogens (tertiary/aromatic N) is 1. The molecule has 0 saturated carbocycles. The number of aliphatic hydroxyl groups excluding tert-OH is 1. The van der Waals surface area contributed by atoms with E-state index in [1.807, 2.05) is 67.4 Å². The molecule has 13 heteroatoms. The van der Waals surface area contributed by atoms with Crippen LogP contribution >= 0.6 is 7.75 Å². The van der Waals surface area contributed by atoms with Crippen LogP contribution in [0.5, 0.6) is 0 Å². The fourth-order valence-electron chi connectivity index (χ4n) is 4.72. The Balaban J connectivity index is 1.54. The van der Waals surface area contributed by atoms with Crippen molar-refractivity contribution in [3.8, 4) is 0 Å². The monoisotopic (exact) mass is 591 g/mol. The Morgan fingerprint density at radius 3 is 2.34 bits per heavy atom. The average Bonchev–Trinajstić information content (AvgIpc) is 3.09. The van der Waals surface area contributed by atoms with Crippen LogP contribution in [0.2, 0.25) is 0 Å². The normalized spacial score (nSPS) is 25.5. The van der Waals surface area contributed by atoms with E-state index in [4.69, 9.17) is 24.0 Å². The first-order valence-electron chi connectivity index (χ1n) is 13.0. The van der Waals surface area contributed by atoms with Gasteiger partial charge in [-0.3, -0.25) is 23.4 Å². The van der Waals surface area contributed by atoms with Gasteiger partial charge in [-0.05, 0) is 49.9 Å². The number of hydrogen-bond acceptors (Lipinski definition) is 8. The summed E-state index contributed by atoms with van der Waals surface area (Å²) in [6, 6.07) is 16.3. The molecule has 0 spiro atoms. The Kier molecular flexibility index (Phi) is 9.15. The van der Waals surface area contributed by atoms with Crippen molar-refractivity contribution in [1.29, 1.82) is 0 Å². The number of aromatic amines is 1. The van der Waals surface area contributed by atoms with Crippen LogP contribution in [0.3, 0.4) is 0 Å². The Morgan fingerprint density at radius 1 is 1.12 bits per heavy atom. The van der Waals surface area contributed by atoms with Crippen molar-refractivity contribution in [2.24, 2.45) is 5.50 Å². The Hall–Kier alpha value is -2.96. The number of aromatic nitrogens is 2. The molecule has 41 heavy (non-hydrogen) atoms. The van der Waals surface area contributed by atoms with Gasteiger partial charge in [-0.25, -0.2) is 19.3 Å². The fraction of sp³-hybridized carbons (Fsp3) is 0.429. The van der Waals surface area contributed by atoms with Gasteiger partial charge in [0, 0.05) is 18.7 Å². The van der Waals surface area contributed by atoms with E-state index in [0.717, 1.165) is 46.0 Å². The molecule has 2 heterocycles. The molecule has 1 aliphatic rings. The van der Waals surface area contributed by atoms with E-state index in [1.165, 1.54) is 0 Å². The molecular weight excluding hydrogens is 556 g/mol. The standard InChI is InChI=1S/C28H35FN3O8P/c1-18-9-5-7-11-20(18)15-27(3,17-37-16-21-12-8-6-10-19(21)2)40-41(30,36)39-24-23(34)28(4,29)25(38-24)32-14-13-22(33)31-26(32)35/h5-14,23-25,34H,15-17H2,1-4H3,(H2,30,36)(H,31,33,35)/t23-,24-,25-,27?,28-,41?/m1/s1. The summed E-state index contributed by atoms with van der Waals surface area (Å²) in [4.78, 5) is 25.7. The third-order valence-corrected chi connectivity index (χ3v) is 8.23. The number of hydrogen-bond donors (Lipinski definition) is 3. The van der Waals surface area contributed by atoms with Gasteiger partial charge in [0.05, 0.1) is 13.2 Å². The van der Waals surface area contributed by atoms with Crippen molar-refractivity contribution < 1.29 is 32.6 Å². The predicted molar refractivity (Wildman–Crippen MR) is 149 cm³/mol. The van der Waals surface area contributed by atoms with Gasteiger partial charge in [0.25, 0.3) is 5.56 Å². The van der Waals surface area contributed by atoms with Crippen LogP contribution in [-0.2, 0) is 36.1 Å². The maximum Gasteiger partial charge on any atom is 0.405 e. The lowest BCUT2D eigenvalue weighted by molar-refractivity contribution is -0.138. The number of alkyl halides is 1. The molecular formula is C28H35FN3O8P. The molecule has 2 unspecified atom stereocenters. The third kappa shape index (κ3) is 7.28. The summed E-state index contributed by atoms with van der Waals surface area (Å²) in [5.74, 6) is 0. The summed E-state index contributed by atoms with van der Waals surface area (Å²) in [5, 5.41) is 10.7. The first kappa shape index (κ1) is 31.0. The molecule has 4 rings (SSSR count). The minimum absolute atomic E-state index is 0.0372. The second-order valence-corrected chi connectivity index (χ2v) is 12.2. The molecule has 4 N–H and O–H groups in total. The minimum Gasteiger partial charge on any atom is -0.384 e. The van der Waals surface area contributed by atoms with Crippen LogP contribution < -0.4 is 16.8 Å². The van der Waals surface area contributed by atoms with Gasteiger partial charge in [0.2, 0.25) is 0 Å². The van der Waals surface area contributed by atoms with E-state index in [1.54, 1.807) is 6.92 Å². The second kappa shape index (κ2) is 12.1. The van der Waals surface area contributed by atoms with E-state index in [0.29, 0.717) is 0 Å². The highest BCUT2D eigenvalue weighted by atomic mass is 31.2. The van der Waals surface area contributed by atoms with E-state index < -0.39 is 48.9 Å². The van der Waals surface area contributed by atoms with Gasteiger partial charge in [-0.15, -0.1) is 0 Å². The Morgan fingerprint density at radius 2 is 1.73 bits per heavy atom. The molecule has 1 fully saturated rings. The zero-order valence-electron chi connectivity index (χ0n) is 23.3. The Bertz CT molecular complexity index is 1540. The molecule has 11 nitrogen and oxygen atoms in total. The molecule has 222 valence electrons. The van der Waals surface area contributed by atoms with Crippen molar-refractivity contribution in [2.75, 3.05) is 6.61 Å². The number of benzene rings is 2. The summed E-state index contributed by atoms with van der Waals surface area (Å²) in [5.41, 5.74) is 4.31. The summed E-state index contributed by atoms with van der Waals surface area (Å²) in [7, 11) is -4.55. The van der Waals surface area contributed by atoms with E-state index in [9.17, 15) is 19.3 Å². The number of aliphatic hydroxyl groups is 1. The molecule has 3 aromatic rings. The number of nitrogens with one attached hydrogen (secondary N) is 1. The quantitative estimate of drug-likeness (QED) is 0.285. The maximum atomic E-state index is 15.6. The number of aryl methyl sites for hydroxylation is 2. The third-order valence-electron chi connectivity index (χ3n) is 7.04. The summed E-state index contributed by atoms with van der Waals surface area (Å²) >= 11 is 0. The lowest BCUT2D eigenvalue weighted by Crippen LogP contribution is -2.43. The van der Waals surface area contributed by atoms with Crippen molar-refractivity contribution >= 4 is 7.75 Å². The zero-order valence-corrected chi connectivity index (χ0v) is 24.2. The summed E-state index contributed by atoms with van der Waals surface area (Å²) in [6.45, 7) is 6.75. The van der Waals surface area contributed by atoms with Crippen molar-refractivity contribution in [1.82, 2.24) is 9.55 Å². The zero-order chi connectivity index (χ0) is 30.0. The molecule has 1 aromatic heterocycles. The molecule has 0 amide bonds. The molecule has 1 aliphatic heterocycles. The number of halogens is 1. The number of nitrogens with two attached hydrogens (primary N) is 1. The number of rotatable bonds is 11. The highest BCUT2D eigenvalue weighted by Gasteiger charge is 2.57. The first-order valence-corrected chi connectivity index (χ1v) is 14.6. The lowest BCUT2D eigenvalue weighted by atomic mass is 9.94. The van der Waals surface area contributed by atoms with Crippen LogP contribution in [0.15, 0.2) is 70.4 Å². The topological polar surface area (TPSA) is 155 Å². The van der Waals surface area contributed by atoms with E-state index in [-0.39, 0.29) is 19.6 Å². The predicted octanol–water partition coefficient (Wildman–Crippen LogP) is 3.42. The van der Waals surface area contributed by atoms with Crippen LogP contribution in [0.1, 0.15) is 42.3 Å². The molecule has 0 bridgehead atoms. The van der Waals surface area contributed by atoms with E-state index in [2.05, 4.69) is 0 Å². The molecule has 6 atom stereocenters. The van der Waals surface area contributed by atoms with Crippen molar-refractivity contribution in [2.45, 2.75) is 70.6 Å². The Labute approximate surface area is 236 Å². The highest BCUT2D eigenvalue weighted by Crippen LogP contribution is 2.51. The largest absolute Gasteiger partial charge is 0.405 e. The molecule has 0 aliphatic carbocycles. The van der Waals surface area contributed by atoms with E-state index >= 15 is 4.39 Å².